The molecule has 2 aromatic carbocycles. The van der Waals surface area contributed by atoms with Crippen molar-refractivity contribution in [2.75, 3.05) is 12.1 Å². The molecule has 1 heterocycles. The number of anilines is 1. The van der Waals surface area contributed by atoms with Gasteiger partial charge >= 0.3 is 0 Å². The average molecular weight is 399 g/mol. The highest BCUT2D eigenvalue weighted by atomic mass is 79.9. The molecule has 0 saturated carbocycles. The number of fused-ring (bicyclic) bond motifs is 1. The number of nitrogens with one attached hydrogen (secondary N) is 1. The van der Waals surface area contributed by atoms with Crippen LogP contribution in [0.5, 0.6) is 17.2 Å². The van der Waals surface area contributed by atoms with Crippen molar-refractivity contribution in [1.29, 1.82) is 0 Å². The van der Waals surface area contributed by atoms with E-state index < -0.39 is 6.10 Å². The number of ether oxygens (including phenoxy) is 3. The van der Waals surface area contributed by atoms with Crippen LogP contribution in [0.3, 0.4) is 0 Å². The van der Waals surface area contributed by atoms with E-state index >= 15 is 0 Å². The third kappa shape index (κ3) is 3.71. The normalized spacial score (nSPS) is 13.5. The van der Waals surface area contributed by atoms with E-state index in [0.29, 0.717) is 32.4 Å². The van der Waals surface area contributed by atoms with E-state index in [1.54, 1.807) is 43.3 Å². The van der Waals surface area contributed by atoms with Crippen molar-refractivity contribution >= 4 is 39.1 Å². The number of amides is 1. The summed E-state index contributed by atoms with van der Waals surface area (Å²) in [6.07, 6.45) is -0.683. The van der Waals surface area contributed by atoms with Crippen LogP contribution in [0.1, 0.15) is 6.92 Å². The molecule has 0 bridgehead atoms. The summed E-state index contributed by atoms with van der Waals surface area (Å²) in [5, 5.41) is 3.37. The van der Waals surface area contributed by atoms with Gasteiger partial charge in [-0.2, -0.15) is 0 Å². The first-order valence-corrected chi connectivity index (χ1v) is 8.02. The number of benzene rings is 2. The van der Waals surface area contributed by atoms with E-state index in [9.17, 15) is 4.79 Å². The molecule has 23 heavy (non-hydrogen) atoms. The maximum absolute atomic E-state index is 12.2. The zero-order valence-electron chi connectivity index (χ0n) is 12.1. The molecule has 7 heteroatoms. The minimum atomic E-state index is -0.683. The van der Waals surface area contributed by atoms with Gasteiger partial charge < -0.3 is 19.5 Å². The van der Waals surface area contributed by atoms with E-state index in [-0.39, 0.29) is 12.7 Å². The lowest BCUT2D eigenvalue weighted by Gasteiger charge is -2.16. The van der Waals surface area contributed by atoms with Crippen LogP contribution in [-0.2, 0) is 4.79 Å². The minimum Gasteiger partial charge on any atom is -0.480 e. The average Bonchev–Trinajstić information content (AvgIpc) is 2.97. The summed E-state index contributed by atoms with van der Waals surface area (Å²) in [4.78, 5) is 12.2. The topological polar surface area (TPSA) is 56.8 Å². The molecule has 0 aliphatic carbocycles. The Morgan fingerprint density at radius 2 is 2.04 bits per heavy atom. The van der Waals surface area contributed by atoms with E-state index in [2.05, 4.69) is 21.2 Å². The Balaban J connectivity index is 1.65. The summed E-state index contributed by atoms with van der Waals surface area (Å²) in [5.41, 5.74) is 0.616. The zero-order valence-corrected chi connectivity index (χ0v) is 14.5. The summed E-state index contributed by atoms with van der Waals surface area (Å²) < 4.78 is 16.9. The molecule has 3 rings (SSSR count). The minimum absolute atomic E-state index is 0.191. The van der Waals surface area contributed by atoms with Crippen molar-refractivity contribution in [3.05, 3.63) is 45.9 Å². The molecular weight excluding hydrogens is 386 g/mol. The highest BCUT2D eigenvalue weighted by molar-refractivity contribution is 9.10. The number of hydrogen-bond acceptors (Lipinski definition) is 4. The number of carbonyl (C=O) groups is 1. The Bertz CT molecular complexity index is 753. The fraction of sp³-hybridized carbons (Fsp3) is 0.188. The first-order valence-electron chi connectivity index (χ1n) is 6.85. The molecule has 0 spiro atoms. The summed E-state index contributed by atoms with van der Waals surface area (Å²) in [6, 6.07) is 10.3. The van der Waals surface area contributed by atoms with E-state index in [4.69, 9.17) is 25.8 Å². The molecule has 1 atom stereocenters. The van der Waals surface area contributed by atoms with Gasteiger partial charge in [-0.05, 0) is 53.2 Å². The van der Waals surface area contributed by atoms with E-state index in [1.165, 1.54) is 0 Å². The highest BCUT2D eigenvalue weighted by Crippen LogP contribution is 2.34. The largest absolute Gasteiger partial charge is 0.480 e. The molecule has 1 amide bonds. The Morgan fingerprint density at radius 1 is 1.26 bits per heavy atom. The van der Waals surface area contributed by atoms with Crippen molar-refractivity contribution in [2.45, 2.75) is 13.0 Å². The van der Waals surface area contributed by atoms with Crippen LogP contribution in [0.15, 0.2) is 40.9 Å². The number of hydrogen-bond donors (Lipinski definition) is 1. The van der Waals surface area contributed by atoms with Crippen LogP contribution >= 0.6 is 27.5 Å². The maximum atomic E-state index is 12.2. The summed E-state index contributed by atoms with van der Waals surface area (Å²) in [6.45, 7) is 1.86. The zero-order chi connectivity index (χ0) is 16.4. The first kappa shape index (κ1) is 16.0. The van der Waals surface area contributed by atoms with Gasteiger partial charge in [0.15, 0.2) is 17.6 Å². The fourth-order valence-corrected chi connectivity index (χ4v) is 2.81. The van der Waals surface area contributed by atoms with Gasteiger partial charge in [0.2, 0.25) is 6.79 Å². The van der Waals surface area contributed by atoms with Crippen LogP contribution in [-0.4, -0.2) is 18.8 Å². The number of halogens is 2. The molecule has 0 fully saturated rings. The van der Waals surface area contributed by atoms with Crippen LogP contribution < -0.4 is 19.5 Å². The lowest BCUT2D eigenvalue weighted by molar-refractivity contribution is -0.122. The van der Waals surface area contributed by atoms with E-state index in [1.807, 2.05) is 0 Å². The van der Waals surface area contributed by atoms with Crippen molar-refractivity contribution in [3.63, 3.8) is 0 Å². The lowest BCUT2D eigenvalue weighted by atomic mass is 10.2. The van der Waals surface area contributed by atoms with Crippen LogP contribution in [0.2, 0.25) is 5.02 Å². The number of rotatable bonds is 4. The van der Waals surface area contributed by atoms with Crippen molar-refractivity contribution in [3.8, 4) is 17.2 Å². The first-order chi connectivity index (χ1) is 11.0. The molecule has 2 aromatic rings. The van der Waals surface area contributed by atoms with Gasteiger partial charge in [0.1, 0.15) is 5.75 Å². The van der Waals surface area contributed by atoms with Gasteiger partial charge in [0, 0.05) is 16.8 Å². The molecule has 0 unspecified atom stereocenters. The highest BCUT2D eigenvalue weighted by Gasteiger charge is 2.18. The van der Waals surface area contributed by atoms with Gasteiger partial charge in [-0.1, -0.05) is 11.6 Å². The predicted octanol–water partition coefficient (Wildman–Crippen LogP) is 4.24. The quantitative estimate of drug-likeness (QED) is 0.837. The van der Waals surface area contributed by atoms with Gasteiger partial charge in [0.05, 0.1) is 4.47 Å². The van der Waals surface area contributed by atoms with Crippen LogP contribution in [0.25, 0.3) is 0 Å². The molecule has 0 radical (unpaired) electrons. The van der Waals surface area contributed by atoms with Gasteiger partial charge in [0.25, 0.3) is 5.91 Å². The number of carbonyl (C=O) groups excluding carboxylic acids is 1. The third-order valence-corrected chi connectivity index (χ3v) is 4.06. The molecular formula is C16H13BrClNO4. The Hall–Kier alpha value is -1.92. The second-order valence-electron chi connectivity index (χ2n) is 4.89. The molecule has 1 aliphatic heterocycles. The molecule has 1 aliphatic rings. The second kappa shape index (κ2) is 6.68. The van der Waals surface area contributed by atoms with Crippen molar-refractivity contribution < 1.29 is 19.0 Å². The second-order valence-corrected chi connectivity index (χ2v) is 6.18. The van der Waals surface area contributed by atoms with Gasteiger partial charge in [-0.3, -0.25) is 4.79 Å². The Labute approximate surface area is 146 Å². The van der Waals surface area contributed by atoms with Crippen molar-refractivity contribution in [1.82, 2.24) is 0 Å². The lowest BCUT2D eigenvalue weighted by Crippen LogP contribution is -2.30. The smallest absolute Gasteiger partial charge is 0.265 e. The van der Waals surface area contributed by atoms with E-state index in [0.717, 1.165) is 0 Å². The summed E-state index contributed by atoms with van der Waals surface area (Å²) in [7, 11) is 0. The maximum Gasteiger partial charge on any atom is 0.265 e. The molecule has 1 N–H and O–H groups in total. The molecule has 5 nitrogen and oxygen atoms in total. The fourth-order valence-electron chi connectivity index (χ4n) is 2.03. The van der Waals surface area contributed by atoms with Crippen LogP contribution in [0, 0.1) is 0 Å². The van der Waals surface area contributed by atoms with Gasteiger partial charge in [-0.15, -0.1) is 0 Å². The molecule has 0 saturated heterocycles. The SMILES string of the molecule is C[C@H](Oc1ccc(Cl)cc1Br)C(=O)Nc1ccc2c(c1)OCO2. The van der Waals surface area contributed by atoms with Gasteiger partial charge in [-0.25, -0.2) is 0 Å². The standard InChI is InChI=1S/C16H13BrClNO4/c1-9(23-13-4-2-10(18)6-12(13)17)16(20)19-11-3-5-14-15(7-11)22-8-21-14/h2-7,9H,8H2,1H3,(H,19,20)/t9-/m0/s1. The van der Waals surface area contributed by atoms with Crippen LogP contribution in [0.4, 0.5) is 5.69 Å². The summed E-state index contributed by atoms with van der Waals surface area (Å²) in [5.74, 6) is 1.54. The third-order valence-electron chi connectivity index (χ3n) is 3.21. The summed E-state index contributed by atoms with van der Waals surface area (Å²) >= 11 is 9.24. The Morgan fingerprint density at radius 3 is 2.83 bits per heavy atom. The van der Waals surface area contributed by atoms with Crippen molar-refractivity contribution in [2.24, 2.45) is 0 Å². The molecule has 120 valence electrons. The monoisotopic (exact) mass is 397 g/mol. The predicted molar refractivity (Wildman–Crippen MR) is 90.4 cm³/mol. The molecule has 0 aromatic heterocycles. The Kier molecular flexibility index (Phi) is 4.63.